The Kier molecular flexibility index (Phi) is 5.86. The van der Waals surface area contributed by atoms with E-state index in [1.165, 1.54) is 0 Å². The highest BCUT2D eigenvalue weighted by Gasteiger charge is 2.15. The zero-order chi connectivity index (χ0) is 13.5. The van der Waals surface area contributed by atoms with Crippen molar-refractivity contribution in [1.29, 1.82) is 0 Å². The smallest absolute Gasteiger partial charge is 0.305 e. The van der Waals surface area contributed by atoms with Crippen molar-refractivity contribution in [1.82, 2.24) is 0 Å². The van der Waals surface area contributed by atoms with Gasteiger partial charge in [0.15, 0.2) is 0 Å². The highest BCUT2D eigenvalue weighted by atomic mass is 16.5. The molecule has 0 saturated carbocycles. The molecule has 0 fully saturated rings. The van der Waals surface area contributed by atoms with E-state index in [9.17, 15) is 9.90 Å². The summed E-state index contributed by atoms with van der Waals surface area (Å²) in [5.74, 6) is -0.234. The first-order valence-electron chi connectivity index (χ1n) is 6.46. The number of ether oxygens (including phenoxy) is 1. The highest BCUT2D eigenvalue weighted by Crippen LogP contribution is 2.25. The largest absolute Gasteiger partial charge is 0.466 e. The lowest BCUT2D eigenvalue weighted by atomic mass is 9.95. The fourth-order valence-electron chi connectivity index (χ4n) is 2.04. The van der Waals surface area contributed by atoms with E-state index in [-0.39, 0.29) is 12.4 Å². The summed E-state index contributed by atoms with van der Waals surface area (Å²) >= 11 is 0. The van der Waals surface area contributed by atoms with Crippen molar-refractivity contribution >= 4 is 5.97 Å². The van der Waals surface area contributed by atoms with Gasteiger partial charge in [0, 0.05) is 6.42 Å². The van der Waals surface area contributed by atoms with Gasteiger partial charge in [0.25, 0.3) is 0 Å². The second kappa shape index (κ2) is 7.17. The van der Waals surface area contributed by atoms with E-state index >= 15 is 0 Å². The van der Waals surface area contributed by atoms with Gasteiger partial charge in [-0.2, -0.15) is 0 Å². The second-order valence-corrected chi connectivity index (χ2v) is 4.58. The van der Waals surface area contributed by atoms with Crippen molar-refractivity contribution in [2.45, 2.75) is 46.1 Å². The van der Waals surface area contributed by atoms with Crippen LogP contribution in [-0.2, 0) is 9.53 Å². The van der Waals surface area contributed by atoms with Crippen LogP contribution in [0.25, 0.3) is 0 Å². The van der Waals surface area contributed by atoms with Gasteiger partial charge in [0.1, 0.15) is 0 Å². The average Bonchev–Trinajstić information content (AvgIpc) is 2.33. The Labute approximate surface area is 109 Å². The summed E-state index contributed by atoms with van der Waals surface area (Å²) in [6, 6.07) is 5.91. The van der Waals surface area contributed by atoms with Gasteiger partial charge in [-0.3, -0.25) is 4.79 Å². The molecule has 100 valence electrons. The standard InChI is InChI=1S/C15H22O3/c1-4-10-18-14(17)9-8-13(16)15-11(2)6-5-7-12(15)3/h5-7,13,16H,4,8-10H2,1-3H3. The number of aliphatic hydroxyl groups excluding tert-OH is 1. The fourth-order valence-corrected chi connectivity index (χ4v) is 2.04. The molecule has 0 spiro atoms. The summed E-state index contributed by atoms with van der Waals surface area (Å²) in [5.41, 5.74) is 3.05. The molecule has 0 aliphatic rings. The zero-order valence-corrected chi connectivity index (χ0v) is 11.4. The molecule has 1 aromatic carbocycles. The fraction of sp³-hybridized carbons (Fsp3) is 0.533. The molecular formula is C15H22O3. The first-order chi connectivity index (χ1) is 8.56. The molecule has 0 heterocycles. The molecule has 1 N–H and O–H groups in total. The minimum atomic E-state index is -0.597. The second-order valence-electron chi connectivity index (χ2n) is 4.58. The van der Waals surface area contributed by atoms with E-state index in [2.05, 4.69) is 0 Å². The maximum atomic E-state index is 11.4. The molecule has 0 bridgehead atoms. The number of carbonyl (C=O) groups is 1. The Morgan fingerprint density at radius 2 is 1.94 bits per heavy atom. The molecule has 0 aliphatic carbocycles. The third kappa shape index (κ3) is 4.15. The van der Waals surface area contributed by atoms with Crippen LogP contribution in [0, 0.1) is 13.8 Å². The maximum Gasteiger partial charge on any atom is 0.305 e. The predicted molar refractivity (Wildman–Crippen MR) is 71.4 cm³/mol. The van der Waals surface area contributed by atoms with Crippen LogP contribution in [0.2, 0.25) is 0 Å². The number of hydrogen-bond acceptors (Lipinski definition) is 3. The molecule has 1 unspecified atom stereocenters. The minimum Gasteiger partial charge on any atom is -0.466 e. The molecule has 0 aliphatic heterocycles. The number of aryl methyl sites for hydroxylation is 2. The predicted octanol–water partition coefficient (Wildman–Crippen LogP) is 3.07. The molecule has 0 saturated heterocycles. The molecule has 18 heavy (non-hydrogen) atoms. The van der Waals surface area contributed by atoms with E-state index in [4.69, 9.17) is 4.74 Å². The number of carbonyl (C=O) groups excluding carboxylic acids is 1. The van der Waals surface area contributed by atoms with Gasteiger partial charge in [-0.1, -0.05) is 25.1 Å². The molecule has 1 atom stereocenters. The van der Waals surface area contributed by atoms with Crippen LogP contribution in [0.15, 0.2) is 18.2 Å². The highest BCUT2D eigenvalue weighted by molar-refractivity contribution is 5.69. The van der Waals surface area contributed by atoms with E-state index < -0.39 is 6.10 Å². The molecule has 3 heteroatoms. The molecule has 0 aromatic heterocycles. The van der Waals surface area contributed by atoms with Crippen molar-refractivity contribution in [3.05, 3.63) is 34.9 Å². The third-order valence-corrected chi connectivity index (χ3v) is 2.96. The van der Waals surface area contributed by atoms with Gasteiger partial charge in [-0.05, 0) is 43.4 Å². The topological polar surface area (TPSA) is 46.5 Å². The number of hydrogen-bond donors (Lipinski definition) is 1. The van der Waals surface area contributed by atoms with Crippen LogP contribution in [0.3, 0.4) is 0 Å². The van der Waals surface area contributed by atoms with E-state index in [0.717, 1.165) is 23.1 Å². The summed E-state index contributed by atoms with van der Waals surface area (Å²) in [7, 11) is 0. The molecule has 0 amide bonds. The summed E-state index contributed by atoms with van der Waals surface area (Å²) in [6.45, 7) is 6.36. The Hall–Kier alpha value is -1.35. The van der Waals surface area contributed by atoms with Gasteiger partial charge in [0.2, 0.25) is 0 Å². The first kappa shape index (κ1) is 14.7. The zero-order valence-electron chi connectivity index (χ0n) is 11.4. The van der Waals surface area contributed by atoms with E-state index in [0.29, 0.717) is 13.0 Å². The Morgan fingerprint density at radius 1 is 1.33 bits per heavy atom. The Balaban J connectivity index is 2.55. The minimum absolute atomic E-state index is 0.234. The van der Waals surface area contributed by atoms with Gasteiger partial charge in [0.05, 0.1) is 12.7 Å². The van der Waals surface area contributed by atoms with Gasteiger partial charge in [-0.15, -0.1) is 0 Å². The van der Waals surface area contributed by atoms with Crippen LogP contribution in [-0.4, -0.2) is 17.7 Å². The number of aliphatic hydroxyl groups is 1. The van der Waals surface area contributed by atoms with Crippen molar-refractivity contribution in [3.8, 4) is 0 Å². The molecular weight excluding hydrogens is 228 g/mol. The van der Waals surface area contributed by atoms with E-state index in [1.54, 1.807) is 0 Å². The van der Waals surface area contributed by atoms with Gasteiger partial charge >= 0.3 is 5.97 Å². The van der Waals surface area contributed by atoms with Crippen LogP contribution in [0.4, 0.5) is 0 Å². The summed E-state index contributed by atoms with van der Waals surface area (Å²) in [6.07, 6.45) is 0.898. The number of esters is 1. The number of rotatable bonds is 6. The summed E-state index contributed by atoms with van der Waals surface area (Å²) < 4.78 is 4.99. The molecule has 3 nitrogen and oxygen atoms in total. The van der Waals surface area contributed by atoms with Crippen molar-refractivity contribution in [2.24, 2.45) is 0 Å². The maximum absolute atomic E-state index is 11.4. The first-order valence-corrected chi connectivity index (χ1v) is 6.46. The molecule has 1 rings (SSSR count). The summed E-state index contributed by atoms with van der Waals surface area (Å²) in [4.78, 5) is 11.4. The lowest BCUT2D eigenvalue weighted by Gasteiger charge is -2.16. The monoisotopic (exact) mass is 250 g/mol. The Morgan fingerprint density at radius 3 is 2.50 bits per heavy atom. The lowest BCUT2D eigenvalue weighted by Crippen LogP contribution is -2.09. The van der Waals surface area contributed by atoms with Gasteiger partial charge < -0.3 is 9.84 Å². The normalized spacial score (nSPS) is 12.2. The third-order valence-electron chi connectivity index (χ3n) is 2.96. The lowest BCUT2D eigenvalue weighted by molar-refractivity contribution is -0.144. The Bertz CT molecular complexity index is 378. The van der Waals surface area contributed by atoms with Crippen molar-refractivity contribution in [2.75, 3.05) is 6.61 Å². The van der Waals surface area contributed by atoms with E-state index in [1.807, 2.05) is 39.0 Å². The van der Waals surface area contributed by atoms with Crippen LogP contribution in [0.5, 0.6) is 0 Å². The van der Waals surface area contributed by atoms with Crippen LogP contribution in [0.1, 0.15) is 49.0 Å². The van der Waals surface area contributed by atoms with Crippen molar-refractivity contribution in [3.63, 3.8) is 0 Å². The van der Waals surface area contributed by atoms with Crippen LogP contribution < -0.4 is 0 Å². The molecule has 0 radical (unpaired) electrons. The quantitative estimate of drug-likeness (QED) is 0.789. The number of benzene rings is 1. The average molecular weight is 250 g/mol. The summed E-state index contributed by atoms with van der Waals surface area (Å²) in [5, 5.41) is 10.1. The molecule has 1 aromatic rings. The van der Waals surface area contributed by atoms with Gasteiger partial charge in [-0.25, -0.2) is 0 Å². The van der Waals surface area contributed by atoms with Crippen molar-refractivity contribution < 1.29 is 14.6 Å². The SMILES string of the molecule is CCCOC(=O)CCC(O)c1c(C)cccc1C. The van der Waals surface area contributed by atoms with Crippen LogP contribution >= 0.6 is 0 Å².